The van der Waals surface area contributed by atoms with Gasteiger partial charge in [0.05, 0.1) is 12.8 Å². The van der Waals surface area contributed by atoms with Crippen molar-refractivity contribution in [3.8, 4) is 0 Å². The summed E-state index contributed by atoms with van der Waals surface area (Å²) in [5.41, 5.74) is 2.44. The van der Waals surface area contributed by atoms with Crippen LogP contribution >= 0.6 is 0 Å². The molecular formula is C17H17FO4. The second-order valence-corrected chi connectivity index (χ2v) is 4.76. The van der Waals surface area contributed by atoms with Gasteiger partial charge in [0.1, 0.15) is 5.82 Å². The molecule has 0 bridgehead atoms. The Bertz CT molecular complexity index is 595. The van der Waals surface area contributed by atoms with Gasteiger partial charge in [-0.1, -0.05) is 42.0 Å². The number of halogens is 1. The highest BCUT2D eigenvalue weighted by Gasteiger charge is 2.00. The van der Waals surface area contributed by atoms with E-state index < -0.39 is 17.8 Å². The molecule has 0 radical (unpaired) electrons. The van der Waals surface area contributed by atoms with E-state index in [1.165, 1.54) is 18.2 Å². The third kappa shape index (κ3) is 7.19. The van der Waals surface area contributed by atoms with Gasteiger partial charge in [0.15, 0.2) is 0 Å². The van der Waals surface area contributed by atoms with Crippen LogP contribution in [0.1, 0.15) is 16.7 Å². The highest BCUT2D eigenvalue weighted by molar-refractivity contribution is 5.70. The van der Waals surface area contributed by atoms with E-state index in [-0.39, 0.29) is 12.8 Å². The summed E-state index contributed by atoms with van der Waals surface area (Å²) in [5, 5.41) is 16.8. The Hall–Kier alpha value is -2.69. The SMILES string of the molecule is Cc1cccc(CC(=O)O)c1.O=C(O)Cc1cccc(F)c1. The van der Waals surface area contributed by atoms with Crippen molar-refractivity contribution in [3.63, 3.8) is 0 Å². The number of hydrogen-bond acceptors (Lipinski definition) is 2. The van der Waals surface area contributed by atoms with E-state index in [4.69, 9.17) is 10.2 Å². The first-order valence-corrected chi connectivity index (χ1v) is 6.60. The second-order valence-electron chi connectivity index (χ2n) is 4.76. The van der Waals surface area contributed by atoms with Gasteiger partial charge < -0.3 is 10.2 Å². The Labute approximate surface area is 127 Å². The van der Waals surface area contributed by atoms with Gasteiger partial charge in [-0.05, 0) is 30.2 Å². The van der Waals surface area contributed by atoms with E-state index in [2.05, 4.69) is 0 Å². The maximum atomic E-state index is 12.4. The van der Waals surface area contributed by atoms with Crippen molar-refractivity contribution in [2.24, 2.45) is 0 Å². The Balaban J connectivity index is 0.000000220. The zero-order valence-corrected chi connectivity index (χ0v) is 12.1. The Kier molecular flexibility index (Phi) is 6.76. The maximum absolute atomic E-state index is 12.4. The van der Waals surface area contributed by atoms with Crippen LogP contribution in [-0.4, -0.2) is 22.2 Å². The van der Waals surface area contributed by atoms with E-state index in [1.54, 1.807) is 6.07 Å². The van der Waals surface area contributed by atoms with Crippen molar-refractivity contribution in [2.45, 2.75) is 19.8 Å². The van der Waals surface area contributed by atoms with Crippen molar-refractivity contribution >= 4 is 11.9 Å². The van der Waals surface area contributed by atoms with Crippen LogP contribution in [-0.2, 0) is 22.4 Å². The lowest BCUT2D eigenvalue weighted by Gasteiger charge is -1.96. The molecule has 0 atom stereocenters. The third-order valence-corrected chi connectivity index (χ3v) is 2.68. The topological polar surface area (TPSA) is 74.6 Å². The molecule has 0 saturated heterocycles. The third-order valence-electron chi connectivity index (χ3n) is 2.68. The number of benzene rings is 2. The number of carboxylic acid groups (broad SMARTS) is 2. The molecule has 2 aromatic carbocycles. The molecule has 2 N–H and O–H groups in total. The van der Waals surface area contributed by atoms with Crippen LogP contribution in [0.5, 0.6) is 0 Å². The fourth-order valence-electron chi connectivity index (χ4n) is 1.82. The lowest BCUT2D eigenvalue weighted by molar-refractivity contribution is -0.137. The number of aliphatic carboxylic acids is 2. The van der Waals surface area contributed by atoms with Gasteiger partial charge >= 0.3 is 11.9 Å². The summed E-state index contributed by atoms with van der Waals surface area (Å²) < 4.78 is 12.4. The molecular weight excluding hydrogens is 287 g/mol. The van der Waals surface area contributed by atoms with Gasteiger partial charge in [-0.3, -0.25) is 9.59 Å². The first kappa shape index (κ1) is 17.4. The molecule has 0 aromatic heterocycles. The molecule has 0 amide bonds. The first-order chi connectivity index (χ1) is 10.4. The number of hydrogen-bond donors (Lipinski definition) is 2. The van der Waals surface area contributed by atoms with Crippen LogP contribution in [0.3, 0.4) is 0 Å². The standard InChI is InChI=1S/C9H10O2.C8H7FO2/c1-7-3-2-4-8(5-7)6-9(10)11;9-7-3-1-2-6(4-7)5-8(10)11/h2-5H,6H2,1H3,(H,10,11);1-4H,5H2,(H,10,11). The smallest absolute Gasteiger partial charge is 0.307 e. The molecule has 2 rings (SSSR count). The van der Waals surface area contributed by atoms with E-state index in [0.29, 0.717) is 5.56 Å². The molecule has 0 aliphatic heterocycles. The van der Waals surface area contributed by atoms with Crippen LogP contribution in [0.15, 0.2) is 48.5 Å². The fraction of sp³-hybridized carbons (Fsp3) is 0.176. The minimum atomic E-state index is -0.949. The zero-order valence-electron chi connectivity index (χ0n) is 12.1. The van der Waals surface area contributed by atoms with Crippen LogP contribution in [0.4, 0.5) is 4.39 Å². The summed E-state index contributed by atoms with van der Waals surface area (Å²) in [5.74, 6) is -2.13. The predicted molar refractivity (Wildman–Crippen MR) is 80.3 cm³/mol. The Morgan fingerprint density at radius 1 is 0.909 bits per heavy atom. The molecule has 0 saturated carbocycles. The van der Waals surface area contributed by atoms with E-state index in [1.807, 2.05) is 31.2 Å². The Morgan fingerprint density at radius 2 is 1.41 bits per heavy atom. The number of aryl methyl sites for hydroxylation is 1. The van der Waals surface area contributed by atoms with Gasteiger partial charge in [0.2, 0.25) is 0 Å². The molecule has 0 heterocycles. The highest BCUT2D eigenvalue weighted by atomic mass is 19.1. The molecule has 0 aliphatic carbocycles. The number of carbonyl (C=O) groups is 2. The van der Waals surface area contributed by atoms with Crippen LogP contribution in [0.2, 0.25) is 0 Å². The van der Waals surface area contributed by atoms with Crippen molar-refractivity contribution in [1.29, 1.82) is 0 Å². The molecule has 0 spiro atoms. The molecule has 5 heteroatoms. The normalized spacial score (nSPS) is 9.55. The number of rotatable bonds is 4. The maximum Gasteiger partial charge on any atom is 0.307 e. The second kappa shape index (κ2) is 8.56. The number of carboxylic acids is 2. The van der Waals surface area contributed by atoms with Crippen molar-refractivity contribution < 1.29 is 24.2 Å². The summed E-state index contributed by atoms with van der Waals surface area (Å²) in [4.78, 5) is 20.4. The van der Waals surface area contributed by atoms with Gasteiger partial charge in [0, 0.05) is 0 Å². The van der Waals surface area contributed by atoms with Crippen molar-refractivity contribution in [1.82, 2.24) is 0 Å². The van der Waals surface area contributed by atoms with Crippen molar-refractivity contribution in [3.05, 3.63) is 71.0 Å². The summed E-state index contributed by atoms with van der Waals surface area (Å²) in [6, 6.07) is 13.1. The first-order valence-electron chi connectivity index (χ1n) is 6.60. The van der Waals surface area contributed by atoms with Gasteiger partial charge in [-0.2, -0.15) is 0 Å². The van der Waals surface area contributed by atoms with E-state index in [9.17, 15) is 14.0 Å². The average Bonchev–Trinajstić information content (AvgIpc) is 2.37. The summed E-state index contributed by atoms with van der Waals surface area (Å²) >= 11 is 0. The van der Waals surface area contributed by atoms with E-state index in [0.717, 1.165) is 11.1 Å². The van der Waals surface area contributed by atoms with Gasteiger partial charge in [0.25, 0.3) is 0 Å². The lowest BCUT2D eigenvalue weighted by atomic mass is 10.1. The van der Waals surface area contributed by atoms with Crippen LogP contribution < -0.4 is 0 Å². The van der Waals surface area contributed by atoms with E-state index >= 15 is 0 Å². The lowest BCUT2D eigenvalue weighted by Crippen LogP contribution is -1.99. The molecule has 116 valence electrons. The minimum absolute atomic E-state index is 0.113. The molecule has 0 fully saturated rings. The Morgan fingerprint density at radius 3 is 1.86 bits per heavy atom. The predicted octanol–water partition coefficient (Wildman–Crippen LogP) is 3.07. The molecule has 4 nitrogen and oxygen atoms in total. The van der Waals surface area contributed by atoms with Crippen LogP contribution in [0, 0.1) is 12.7 Å². The van der Waals surface area contributed by atoms with Gasteiger partial charge in [-0.25, -0.2) is 4.39 Å². The molecule has 2 aromatic rings. The zero-order chi connectivity index (χ0) is 16.5. The highest BCUT2D eigenvalue weighted by Crippen LogP contribution is 2.04. The quantitative estimate of drug-likeness (QED) is 0.910. The monoisotopic (exact) mass is 304 g/mol. The summed E-state index contributed by atoms with van der Waals surface area (Å²) in [6.45, 7) is 1.95. The summed E-state index contributed by atoms with van der Waals surface area (Å²) in [6.07, 6.45) is -0.0144. The minimum Gasteiger partial charge on any atom is -0.481 e. The fourth-order valence-corrected chi connectivity index (χ4v) is 1.82. The molecule has 0 unspecified atom stereocenters. The molecule has 0 aliphatic rings. The van der Waals surface area contributed by atoms with Gasteiger partial charge in [-0.15, -0.1) is 0 Å². The van der Waals surface area contributed by atoms with Crippen molar-refractivity contribution in [2.75, 3.05) is 0 Å². The average molecular weight is 304 g/mol. The van der Waals surface area contributed by atoms with Crippen LogP contribution in [0.25, 0.3) is 0 Å². The summed E-state index contributed by atoms with van der Waals surface area (Å²) in [7, 11) is 0. The largest absolute Gasteiger partial charge is 0.481 e. The molecule has 22 heavy (non-hydrogen) atoms.